The van der Waals surface area contributed by atoms with E-state index in [0.717, 1.165) is 5.56 Å². The van der Waals surface area contributed by atoms with E-state index in [9.17, 15) is 8.42 Å². The first-order valence-electron chi connectivity index (χ1n) is 9.76. The maximum absolute atomic E-state index is 13.0. The van der Waals surface area contributed by atoms with Crippen molar-refractivity contribution in [1.82, 2.24) is 10.1 Å². The summed E-state index contributed by atoms with van der Waals surface area (Å²) in [6.07, 6.45) is 0.587. The molecule has 0 radical (unpaired) electrons. The summed E-state index contributed by atoms with van der Waals surface area (Å²) in [6.45, 7) is 0.291. The standard InChI is InChI=1S/C23H22N4O3S/c1-27(20-12-6-3-7-13-20)31(28,29)21-14-8-11-19(16-21)24-17-23-25-22(26-30-23)15-18-9-4-2-5-10-18/h2-14,16,24H,15,17H2,1H3. The summed E-state index contributed by atoms with van der Waals surface area (Å²) < 4.78 is 32.6. The molecule has 1 N–H and O–H groups in total. The number of sulfonamides is 1. The molecule has 0 saturated heterocycles. The lowest BCUT2D eigenvalue weighted by atomic mass is 10.1. The van der Waals surface area contributed by atoms with Crippen LogP contribution < -0.4 is 9.62 Å². The van der Waals surface area contributed by atoms with Gasteiger partial charge in [0.15, 0.2) is 5.82 Å². The third-order valence-electron chi connectivity index (χ3n) is 4.77. The van der Waals surface area contributed by atoms with Gasteiger partial charge in [-0.2, -0.15) is 4.98 Å². The molecule has 0 aliphatic carbocycles. The number of hydrogen-bond donors (Lipinski definition) is 1. The van der Waals surface area contributed by atoms with E-state index in [1.165, 1.54) is 11.4 Å². The maximum atomic E-state index is 13.0. The summed E-state index contributed by atoms with van der Waals surface area (Å²) in [4.78, 5) is 4.59. The Morgan fingerprint density at radius 1 is 0.935 bits per heavy atom. The molecule has 4 aromatic rings. The van der Waals surface area contributed by atoms with Gasteiger partial charge in [0.2, 0.25) is 5.89 Å². The van der Waals surface area contributed by atoms with E-state index in [0.29, 0.717) is 36.1 Å². The Morgan fingerprint density at radius 2 is 1.65 bits per heavy atom. The predicted octanol–water partition coefficient (Wildman–Crippen LogP) is 4.10. The second kappa shape index (κ2) is 9.01. The van der Waals surface area contributed by atoms with E-state index in [1.807, 2.05) is 36.4 Å². The van der Waals surface area contributed by atoms with Gasteiger partial charge in [0, 0.05) is 19.2 Å². The van der Waals surface area contributed by atoms with Crippen LogP contribution in [0, 0.1) is 0 Å². The summed E-state index contributed by atoms with van der Waals surface area (Å²) in [7, 11) is -2.15. The van der Waals surface area contributed by atoms with Crippen LogP contribution in [0.5, 0.6) is 0 Å². The van der Waals surface area contributed by atoms with Crippen molar-refractivity contribution in [3.05, 3.63) is 102 Å². The molecule has 0 aliphatic rings. The molecule has 7 nitrogen and oxygen atoms in total. The molecule has 158 valence electrons. The average Bonchev–Trinajstić information content (AvgIpc) is 3.26. The van der Waals surface area contributed by atoms with Gasteiger partial charge in [-0.1, -0.05) is 59.8 Å². The van der Waals surface area contributed by atoms with Crippen molar-refractivity contribution < 1.29 is 12.9 Å². The second-order valence-electron chi connectivity index (χ2n) is 6.96. The van der Waals surface area contributed by atoms with Crippen LogP contribution in [0.3, 0.4) is 0 Å². The Balaban J connectivity index is 1.43. The SMILES string of the molecule is CN(c1ccccc1)S(=O)(=O)c1cccc(NCc2nc(Cc3ccccc3)no2)c1. The monoisotopic (exact) mass is 434 g/mol. The normalized spacial score (nSPS) is 11.3. The molecule has 1 heterocycles. The Hall–Kier alpha value is -3.65. The van der Waals surface area contributed by atoms with Gasteiger partial charge in [-0.15, -0.1) is 0 Å². The molecule has 0 amide bonds. The second-order valence-corrected chi connectivity index (χ2v) is 8.93. The van der Waals surface area contributed by atoms with Crippen LogP contribution in [0.15, 0.2) is 94.3 Å². The van der Waals surface area contributed by atoms with Gasteiger partial charge in [-0.05, 0) is 35.9 Å². The molecule has 0 atom stereocenters. The lowest BCUT2D eigenvalue weighted by Gasteiger charge is -2.19. The number of hydrogen-bond acceptors (Lipinski definition) is 6. The average molecular weight is 435 g/mol. The van der Waals surface area contributed by atoms with Crippen LogP contribution in [0.25, 0.3) is 0 Å². The molecule has 0 fully saturated rings. The molecular weight excluding hydrogens is 412 g/mol. The smallest absolute Gasteiger partial charge is 0.264 e. The number of aromatic nitrogens is 2. The van der Waals surface area contributed by atoms with E-state index in [2.05, 4.69) is 15.5 Å². The highest BCUT2D eigenvalue weighted by Gasteiger charge is 2.21. The molecule has 4 rings (SSSR count). The molecule has 0 bridgehead atoms. The lowest BCUT2D eigenvalue weighted by molar-refractivity contribution is 0.378. The van der Waals surface area contributed by atoms with E-state index in [4.69, 9.17) is 4.52 Å². The molecule has 0 aliphatic heterocycles. The number of anilines is 2. The van der Waals surface area contributed by atoms with Gasteiger partial charge >= 0.3 is 0 Å². The first-order valence-corrected chi connectivity index (χ1v) is 11.2. The minimum Gasteiger partial charge on any atom is -0.376 e. The quantitative estimate of drug-likeness (QED) is 0.449. The fraction of sp³-hybridized carbons (Fsp3) is 0.130. The first kappa shape index (κ1) is 20.6. The fourth-order valence-corrected chi connectivity index (χ4v) is 4.33. The summed E-state index contributed by atoms with van der Waals surface area (Å²) in [5, 5.41) is 7.16. The van der Waals surface area contributed by atoms with Crippen LogP contribution >= 0.6 is 0 Å². The molecule has 3 aromatic carbocycles. The zero-order valence-corrected chi connectivity index (χ0v) is 17.8. The van der Waals surface area contributed by atoms with Gasteiger partial charge in [0.1, 0.15) is 0 Å². The molecular formula is C23H22N4O3S. The minimum atomic E-state index is -3.69. The first-order chi connectivity index (χ1) is 15.0. The van der Waals surface area contributed by atoms with Gasteiger partial charge in [-0.3, -0.25) is 4.31 Å². The lowest BCUT2D eigenvalue weighted by Crippen LogP contribution is -2.26. The van der Waals surface area contributed by atoms with Gasteiger partial charge in [0.05, 0.1) is 17.1 Å². The van der Waals surface area contributed by atoms with Crippen molar-refractivity contribution in [2.45, 2.75) is 17.9 Å². The molecule has 0 saturated carbocycles. The Kier molecular flexibility index (Phi) is 5.99. The highest BCUT2D eigenvalue weighted by molar-refractivity contribution is 7.92. The number of benzene rings is 3. The van der Waals surface area contributed by atoms with Crippen molar-refractivity contribution in [2.75, 3.05) is 16.7 Å². The van der Waals surface area contributed by atoms with Crippen LogP contribution in [-0.2, 0) is 23.0 Å². The molecule has 8 heteroatoms. The number of nitrogens with one attached hydrogen (secondary N) is 1. The van der Waals surface area contributed by atoms with Crippen LogP contribution in [-0.4, -0.2) is 25.6 Å². The van der Waals surface area contributed by atoms with E-state index >= 15 is 0 Å². The summed E-state index contributed by atoms with van der Waals surface area (Å²) in [5.74, 6) is 1.03. The fourth-order valence-electron chi connectivity index (χ4n) is 3.09. The van der Waals surface area contributed by atoms with Crippen molar-refractivity contribution in [2.24, 2.45) is 0 Å². The molecule has 0 spiro atoms. The molecule has 31 heavy (non-hydrogen) atoms. The highest BCUT2D eigenvalue weighted by atomic mass is 32.2. The van der Waals surface area contributed by atoms with Crippen molar-refractivity contribution >= 4 is 21.4 Å². The number of rotatable bonds is 8. The van der Waals surface area contributed by atoms with Crippen molar-refractivity contribution in [3.8, 4) is 0 Å². The highest BCUT2D eigenvalue weighted by Crippen LogP contribution is 2.23. The minimum absolute atomic E-state index is 0.194. The van der Waals surface area contributed by atoms with Gasteiger partial charge < -0.3 is 9.84 Å². The van der Waals surface area contributed by atoms with E-state index in [-0.39, 0.29) is 4.90 Å². The zero-order chi connectivity index (χ0) is 21.7. The maximum Gasteiger partial charge on any atom is 0.264 e. The van der Waals surface area contributed by atoms with Gasteiger partial charge in [0.25, 0.3) is 10.0 Å². The summed E-state index contributed by atoms with van der Waals surface area (Å²) in [5.41, 5.74) is 2.34. The van der Waals surface area contributed by atoms with Gasteiger partial charge in [-0.25, -0.2) is 8.42 Å². The predicted molar refractivity (Wildman–Crippen MR) is 119 cm³/mol. The Labute approximate surface area is 181 Å². The zero-order valence-electron chi connectivity index (χ0n) is 17.0. The molecule has 0 unspecified atom stereocenters. The molecule has 1 aromatic heterocycles. The van der Waals surface area contributed by atoms with Crippen LogP contribution in [0.1, 0.15) is 17.3 Å². The topological polar surface area (TPSA) is 88.3 Å². The van der Waals surface area contributed by atoms with Crippen LogP contribution in [0.4, 0.5) is 11.4 Å². The summed E-state index contributed by atoms with van der Waals surface area (Å²) in [6, 6.07) is 25.5. The largest absolute Gasteiger partial charge is 0.376 e. The third kappa shape index (κ3) is 4.92. The number of para-hydroxylation sites is 1. The van der Waals surface area contributed by atoms with Crippen molar-refractivity contribution in [1.29, 1.82) is 0 Å². The van der Waals surface area contributed by atoms with E-state index in [1.54, 1.807) is 48.5 Å². The third-order valence-corrected chi connectivity index (χ3v) is 6.55. The summed E-state index contributed by atoms with van der Waals surface area (Å²) >= 11 is 0. The Bertz CT molecular complexity index is 1240. The Morgan fingerprint density at radius 3 is 2.39 bits per heavy atom. The number of nitrogens with zero attached hydrogens (tertiary/aromatic N) is 3. The van der Waals surface area contributed by atoms with E-state index < -0.39 is 10.0 Å². The van der Waals surface area contributed by atoms with Crippen molar-refractivity contribution in [3.63, 3.8) is 0 Å². The van der Waals surface area contributed by atoms with Crippen LogP contribution in [0.2, 0.25) is 0 Å².